The number of amides is 1. The Morgan fingerprint density at radius 1 is 0.943 bits per heavy atom. The highest BCUT2D eigenvalue weighted by Gasteiger charge is 2.44. The lowest BCUT2D eigenvalue weighted by molar-refractivity contribution is -0.438. The number of para-hydroxylation sites is 2. The predicted octanol–water partition coefficient (Wildman–Crippen LogP) is 8.24. The van der Waals surface area contributed by atoms with Gasteiger partial charge in [-0.05, 0) is 74.8 Å². The van der Waals surface area contributed by atoms with Crippen LogP contribution in [0, 0.1) is 0 Å². The summed E-state index contributed by atoms with van der Waals surface area (Å²) in [6, 6.07) is 16.8. The van der Waals surface area contributed by atoms with Gasteiger partial charge in [0.15, 0.2) is 5.71 Å². The van der Waals surface area contributed by atoms with Crippen LogP contribution in [0.1, 0.15) is 77.3 Å². The second-order valence-corrected chi connectivity index (χ2v) is 17.2. The number of cyclic esters (lactones) is 1. The number of anilines is 1. The number of nitrogens with zero attached hydrogens (tertiary/aromatic N) is 3. The summed E-state index contributed by atoms with van der Waals surface area (Å²) in [6.07, 6.45) is 12.7. The molecule has 0 unspecified atom stereocenters. The molecule has 3 aliphatic heterocycles. The van der Waals surface area contributed by atoms with E-state index in [-0.39, 0.29) is 22.7 Å². The average molecular weight is 765 g/mol. The molecule has 13 heteroatoms. The molecule has 0 atom stereocenters. The van der Waals surface area contributed by atoms with Crippen molar-refractivity contribution in [2.75, 3.05) is 42.6 Å². The van der Waals surface area contributed by atoms with Crippen molar-refractivity contribution in [3.05, 3.63) is 107 Å². The normalized spacial score (nSPS) is 20.8. The summed E-state index contributed by atoms with van der Waals surface area (Å²) < 4.78 is 44.5. The minimum absolute atomic E-state index is 0.238. The molecule has 0 radical (unpaired) electrons. The molecule has 4 aliphatic rings. The minimum atomic E-state index is -4.02. The number of carbonyl (C=O) groups is 1. The van der Waals surface area contributed by atoms with Gasteiger partial charge in [-0.1, -0.05) is 67.4 Å². The molecule has 1 saturated heterocycles. The van der Waals surface area contributed by atoms with Crippen LogP contribution >= 0.6 is 12.0 Å². The van der Waals surface area contributed by atoms with Crippen molar-refractivity contribution in [1.82, 2.24) is 4.90 Å². The van der Waals surface area contributed by atoms with E-state index in [1.807, 2.05) is 12.1 Å². The molecule has 0 spiro atoms. The van der Waals surface area contributed by atoms with Crippen molar-refractivity contribution in [3.8, 4) is 0 Å². The van der Waals surface area contributed by atoms with Gasteiger partial charge in [0, 0.05) is 65.3 Å². The maximum absolute atomic E-state index is 13.1. The van der Waals surface area contributed by atoms with Gasteiger partial charge in [-0.2, -0.15) is 13.0 Å². The van der Waals surface area contributed by atoms with Crippen LogP contribution in [0.3, 0.4) is 0 Å². The quantitative estimate of drug-likeness (QED) is 0.0431. The molecule has 1 fully saturated rings. The number of hydrogen-bond donors (Lipinski definition) is 2. The van der Waals surface area contributed by atoms with E-state index >= 15 is 0 Å². The summed E-state index contributed by atoms with van der Waals surface area (Å²) >= 11 is 1.07. The van der Waals surface area contributed by atoms with Crippen molar-refractivity contribution >= 4 is 45.3 Å². The van der Waals surface area contributed by atoms with E-state index in [0.29, 0.717) is 38.3 Å². The number of ether oxygens (including phenoxy) is 1. The topological polar surface area (TPSA) is 129 Å². The first-order chi connectivity index (χ1) is 25.3. The van der Waals surface area contributed by atoms with Crippen LogP contribution in [0.15, 0.2) is 95.4 Å². The second-order valence-electron chi connectivity index (χ2n) is 14.9. The fourth-order valence-corrected chi connectivity index (χ4v) is 9.15. The zero-order chi connectivity index (χ0) is 37.8. The summed E-state index contributed by atoms with van der Waals surface area (Å²) in [5, 5.41) is 12.2. The highest BCUT2D eigenvalue weighted by molar-refractivity contribution is 7.94. The third-order valence-corrected chi connectivity index (χ3v) is 12.2. The smallest absolute Gasteiger partial charge is 0.414 e. The second kappa shape index (κ2) is 16.3. The van der Waals surface area contributed by atoms with Gasteiger partial charge in [-0.15, -0.1) is 4.33 Å². The molecular formula is C40H50N3O8S2+. The zero-order valence-electron chi connectivity index (χ0n) is 30.9. The van der Waals surface area contributed by atoms with Gasteiger partial charge in [-0.3, -0.25) is 9.45 Å². The first-order valence-corrected chi connectivity index (χ1v) is 20.8. The van der Waals surface area contributed by atoms with E-state index in [1.165, 1.54) is 22.5 Å². The van der Waals surface area contributed by atoms with Crippen molar-refractivity contribution in [2.24, 2.45) is 0 Å². The van der Waals surface area contributed by atoms with E-state index in [1.54, 1.807) is 4.90 Å². The van der Waals surface area contributed by atoms with Crippen LogP contribution < -0.4 is 4.90 Å². The Kier molecular flexibility index (Phi) is 12.0. The minimum Gasteiger partial charge on any atom is -0.447 e. The van der Waals surface area contributed by atoms with Crippen LogP contribution in [-0.4, -0.2) is 77.3 Å². The molecule has 2 aromatic rings. The molecule has 1 amide bonds. The molecule has 11 nitrogen and oxygen atoms in total. The molecule has 3 heterocycles. The standard InChI is InChI=1S/C40H49N3O8S2/c1-39(2)31-13-5-7-15-33(31)41(23-9-11-27-52-51-50-45)35(39)21-19-29-17-18-30(37(29)43-25-26-49-38(43)44)20-22-36-40(3,4)32-14-6-8-16-34(32)42(36)24-10-12-28-53(46,47)48/h5-8,13-16,19-22H,9-12,17-18,23-28H2,1-4H3,(H-,45,46,47,48)/p+1. The Hall–Kier alpha value is -3.72. The number of benzene rings is 2. The number of unbranched alkanes of at least 4 members (excludes halogenated alkanes) is 2. The fraction of sp³-hybridized carbons (Fsp3) is 0.450. The van der Waals surface area contributed by atoms with Crippen LogP contribution in [0.4, 0.5) is 16.2 Å². The SMILES string of the molecule is CC1(C)C(/C=C/C2=C(N3CCOC3=O)C(=C/C=C3/N(CCCCS(=O)(=O)O)c4ccccc4C3(C)C)/CC2)=[N+](CCCCSOOO)c2ccccc21. The van der Waals surface area contributed by atoms with Crippen molar-refractivity contribution in [2.45, 2.75) is 77.0 Å². The van der Waals surface area contributed by atoms with Gasteiger partial charge >= 0.3 is 6.09 Å². The molecule has 6 rings (SSSR count). The van der Waals surface area contributed by atoms with Crippen LogP contribution in [0.2, 0.25) is 0 Å². The van der Waals surface area contributed by atoms with E-state index in [2.05, 4.69) is 107 Å². The summed E-state index contributed by atoms with van der Waals surface area (Å²) in [6.45, 7) is 11.2. The van der Waals surface area contributed by atoms with Gasteiger partial charge in [-0.25, -0.2) is 10.1 Å². The largest absolute Gasteiger partial charge is 0.447 e. The van der Waals surface area contributed by atoms with E-state index < -0.39 is 10.1 Å². The van der Waals surface area contributed by atoms with Gasteiger partial charge < -0.3 is 9.64 Å². The molecule has 0 bridgehead atoms. The van der Waals surface area contributed by atoms with Gasteiger partial charge in [0.2, 0.25) is 5.69 Å². The first kappa shape index (κ1) is 39.0. The lowest BCUT2D eigenvalue weighted by atomic mass is 9.81. The average Bonchev–Trinajstić information content (AvgIpc) is 3.83. The number of allylic oxidation sites excluding steroid dienone is 7. The molecule has 2 N–H and O–H groups in total. The third kappa shape index (κ3) is 8.35. The maximum Gasteiger partial charge on any atom is 0.414 e. The molecule has 284 valence electrons. The highest BCUT2D eigenvalue weighted by atomic mass is 32.2. The van der Waals surface area contributed by atoms with Crippen molar-refractivity contribution in [1.29, 1.82) is 0 Å². The Balaban J connectivity index is 1.34. The van der Waals surface area contributed by atoms with Crippen LogP contribution in [0.5, 0.6) is 0 Å². The number of rotatable bonds is 16. The monoisotopic (exact) mass is 764 g/mol. The summed E-state index contributed by atoms with van der Waals surface area (Å²) in [5.74, 6) is 0.425. The third-order valence-electron chi connectivity index (χ3n) is 10.8. The zero-order valence-corrected chi connectivity index (χ0v) is 32.5. The Bertz CT molecular complexity index is 1980. The van der Waals surface area contributed by atoms with Crippen LogP contribution in [0.25, 0.3) is 0 Å². The predicted molar refractivity (Wildman–Crippen MR) is 208 cm³/mol. The number of carbonyl (C=O) groups excluding carboxylic acids is 1. The lowest BCUT2D eigenvalue weighted by Crippen LogP contribution is -2.28. The Labute approximate surface area is 317 Å². The number of hydrogen-bond acceptors (Lipinski definition) is 9. The summed E-state index contributed by atoms with van der Waals surface area (Å²) in [7, 11) is -4.02. The first-order valence-electron chi connectivity index (χ1n) is 18.3. The molecular weight excluding hydrogens is 715 g/mol. The molecule has 0 saturated carbocycles. The number of fused-ring (bicyclic) bond motifs is 2. The Morgan fingerprint density at radius 3 is 2.43 bits per heavy atom. The molecule has 0 aromatic heterocycles. The molecule has 53 heavy (non-hydrogen) atoms. The highest BCUT2D eigenvalue weighted by Crippen LogP contribution is 2.48. The van der Waals surface area contributed by atoms with Crippen LogP contribution in [-0.2, 0) is 35.1 Å². The van der Waals surface area contributed by atoms with Gasteiger partial charge in [0.05, 0.1) is 23.4 Å². The maximum atomic E-state index is 13.1. The van der Waals surface area contributed by atoms with E-state index in [9.17, 15) is 17.8 Å². The summed E-state index contributed by atoms with van der Waals surface area (Å²) in [4.78, 5) is 17.1. The van der Waals surface area contributed by atoms with Crippen molar-refractivity contribution < 1.29 is 41.7 Å². The van der Waals surface area contributed by atoms with E-state index in [4.69, 9.17) is 9.99 Å². The summed E-state index contributed by atoms with van der Waals surface area (Å²) in [5.41, 5.74) is 9.53. The fourth-order valence-electron chi connectivity index (χ4n) is 8.14. The van der Waals surface area contributed by atoms with Gasteiger partial charge in [0.1, 0.15) is 13.2 Å². The lowest BCUT2D eigenvalue weighted by Gasteiger charge is -2.27. The molecule has 1 aliphatic carbocycles. The van der Waals surface area contributed by atoms with E-state index in [0.717, 1.165) is 72.5 Å². The van der Waals surface area contributed by atoms with Gasteiger partial charge in [0.25, 0.3) is 10.1 Å². The Morgan fingerprint density at radius 2 is 1.70 bits per heavy atom. The molecule has 2 aromatic carbocycles. The van der Waals surface area contributed by atoms with Crippen molar-refractivity contribution in [3.63, 3.8) is 0 Å².